The molecule has 0 saturated carbocycles. The van der Waals surface area contributed by atoms with Crippen LogP contribution in [-0.4, -0.2) is 28.4 Å². The van der Waals surface area contributed by atoms with Crippen molar-refractivity contribution in [2.24, 2.45) is 10.2 Å². The molecule has 160 valence electrons. The molecule has 1 aliphatic heterocycles. The summed E-state index contributed by atoms with van der Waals surface area (Å²) in [6, 6.07) is 26.4. The number of nitrogens with one attached hydrogen (secondary N) is 1. The van der Waals surface area contributed by atoms with Crippen LogP contribution in [0, 0.1) is 6.92 Å². The highest BCUT2D eigenvalue weighted by Crippen LogP contribution is 2.33. The molecule has 1 unspecified atom stereocenters. The maximum atomic E-state index is 13.2. The monoisotopic (exact) mass is 442 g/mol. The smallest absolute Gasteiger partial charge is 0.247 e. The number of amides is 2. The molecule has 1 fully saturated rings. The zero-order valence-electron chi connectivity index (χ0n) is 17.5. The molecule has 32 heavy (non-hydrogen) atoms. The van der Waals surface area contributed by atoms with Crippen LogP contribution < -0.4 is 10.2 Å². The molecule has 0 bridgehead atoms. The van der Waals surface area contributed by atoms with Crippen LogP contribution in [-0.2, 0) is 9.59 Å². The van der Waals surface area contributed by atoms with Gasteiger partial charge in [0.15, 0.2) is 5.17 Å². The standard InChI is InChI=1S/C25H22N4O2S/c1-18-12-14-19(15-13-18)17-26-28-25-29(21-10-6-3-7-11-21)24(31)22(32-25)16-23(30)27-20-8-4-2-5-9-20/h2-15,17,22H,16H2,1H3,(H,27,30). The van der Waals surface area contributed by atoms with Crippen LogP contribution in [0.1, 0.15) is 17.5 Å². The zero-order chi connectivity index (χ0) is 22.3. The summed E-state index contributed by atoms with van der Waals surface area (Å²) in [6.07, 6.45) is 1.69. The first kappa shape index (κ1) is 21.5. The van der Waals surface area contributed by atoms with E-state index in [1.165, 1.54) is 16.7 Å². The molecule has 0 aromatic heterocycles. The van der Waals surface area contributed by atoms with E-state index in [9.17, 15) is 9.59 Å². The summed E-state index contributed by atoms with van der Waals surface area (Å²) in [6.45, 7) is 2.02. The quantitative estimate of drug-likeness (QED) is 0.438. The van der Waals surface area contributed by atoms with Crippen molar-refractivity contribution in [1.82, 2.24) is 0 Å². The van der Waals surface area contributed by atoms with Crippen molar-refractivity contribution >= 4 is 46.3 Å². The molecular weight excluding hydrogens is 420 g/mol. The van der Waals surface area contributed by atoms with E-state index in [4.69, 9.17) is 0 Å². The van der Waals surface area contributed by atoms with Crippen molar-refractivity contribution in [3.05, 3.63) is 96.1 Å². The fourth-order valence-electron chi connectivity index (χ4n) is 3.18. The Morgan fingerprint density at radius 2 is 1.66 bits per heavy atom. The summed E-state index contributed by atoms with van der Waals surface area (Å²) in [7, 11) is 0. The van der Waals surface area contributed by atoms with Gasteiger partial charge in [-0.05, 0) is 36.8 Å². The molecule has 4 rings (SSSR count). The molecule has 0 radical (unpaired) electrons. The molecule has 0 aliphatic carbocycles. The zero-order valence-corrected chi connectivity index (χ0v) is 18.3. The van der Waals surface area contributed by atoms with Gasteiger partial charge in [0, 0.05) is 12.1 Å². The minimum absolute atomic E-state index is 0.0441. The van der Waals surface area contributed by atoms with Crippen LogP contribution >= 0.6 is 11.8 Å². The van der Waals surface area contributed by atoms with E-state index in [1.54, 1.807) is 6.21 Å². The van der Waals surface area contributed by atoms with Gasteiger partial charge in [-0.25, -0.2) is 0 Å². The largest absolute Gasteiger partial charge is 0.326 e. The molecule has 1 atom stereocenters. The number of anilines is 2. The molecule has 1 saturated heterocycles. The number of amidine groups is 1. The van der Waals surface area contributed by atoms with E-state index in [-0.39, 0.29) is 18.2 Å². The van der Waals surface area contributed by atoms with Crippen molar-refractivity contribution in [2.75, 3.05) is 10.2 Å². The molecule has 3 aromatic carbocycles. The number of nitrogens with zero attached hydrogens (tertiary/aromatic N) is 3. The first-order valence-corrected chi connectivity index (χ1v) is 11.1. The molecule has 6 nitrogen and oxygen atoms in total. The highest BCUT2D eigenvalue weighted by atomic mass is 32.2. The van der Waals surface area contributed by atoms with Gasteiger partial charge >= 0.3 is 0 Å². The van der Waals surface area contributed by atoms with Gasteiger partial charge in [0.2, 0.25) is 11.8 Å². The first-order chi connectivity index (χ1) is 15.6. The SMILES string of the molecule is Cc1ccc(C=NN=C2SC(CC(=O)Nc3ccccc3)C(=O)N2c2ccccc2)cc1. The van der Waals surface area contributed by atoms with Crippen molar-refractivity contribution in [2.45, 2.75) is 18.6 Å². The fraction of sp³-hybridized carbons (Fsp3) is 0.120. The Hall–Kier alpha value is -3.71. The number of aryl methyl sites for hydroxylation is 1. The Bertz CT molecular complexity index is 1150. The van der Waals surface area contributed by atoms with E-state index in [0.29, 0.717) is 16.5 Å². The van der Waals surface area contributed by atoms with Crippen LogP contribution in [0.4, 0.5) is 11.4 Å². The maximum absolute atomic E-state index is 13.2. The van der Waals surface area contributed by atoms with Crippen LogP contribution in [0.3, 0.4) is 0 Å². The minimum atomic E-state index is -0.577. The number of carbonyl (C=O) groups excluding carboxylic acids is 2. The Kier molecular flexibility index (Phi) is 6.77. The molecule has 1 heterocycles. The lowest BCUT2D eigenvalue weighted by Gasteiger charge is -2.15. The van der Waals surface area contributed by atoms with E-state index in [1.807, 2.05) is 91.9 Å². The third-order valence-corrected chi connectivity index (χ3v) is 5.93. The van der Waals surface area contributed by atoms with Crippen molar-refractivity contribution in [3.63, 3.8) is 0 Å². The van der Waals surface area contributed by atoms with Gasteiger partial charge in [-0.2, -0.15) is 5.10 Å². The predicted octanol–water partition coefficient (Wildman–Crippen LogP) is 4.86. The number of hydrogen-bond acceptors (Lipinski definition) is 5. The third-order valence-electron chi connectivity index (χ3n) is 4.80. The van der Waals surface area contributed by atoms with Gasteiger partial charge in [-0.3, -0.25) is 14.5 Å². The molecule has 2 amide bonds. The van der Waals surface area contributed by atoms with Crippen LogP contribution in [0.15, 0.2) is 95.1 Å². The average molecular weight is 443 g/mol. The second kappa shape index (κ2) is 10.1. The summed E-state index contributed by atoms with van der Waals surface area (Å²) in [4.78, 5) is 27.2. The lowest BCUT2D eigenvalue weighted by molar-refractivity contribution is -0.121. The Morgan fingerprint density at radius 3 is 2.34 bits per heavy atom. The summed E-state index contributed by atoms with van der Waals surface area (Å²) < 4.78 is 0. The number of carbonyl (C=O) groups is 2. The fourth-order valence-corrected chi connectivity index (χ4v) is 4.27. The highest BCUT2D eigenvalue weighted by Gasteiger charge is 2.40. The van der Waals surface area contributed by atoms with Gasteiger partial charge in [0.25, 0.3) is 0 Å². The second-order valence-corrected chi connectivity index (χ2v) is 8.44. The van der Waals surface area contributed by atoms with E-state index in [0.717, 1.165) is 11.1 Å². The Balaban J connectivity index is 1.53. The average Bonchev–Trinajstić information content (AvgIpc) is 3.11. The van der Waals surface area contributed by atoms with E-state index < -0.39 is 5.25 Å². The summed E-state index contributed by atoms with van der Waals surface area (Å²) in [5.41, 5.74) is 3.47. The molecular formula is C25H22N4O2S. The first-order valence-electron chi connectivity index (χ1n) is 10.2. The topological polar surface area (TPSA) is 74.1 Å². The Morgan fingerprint density at radius 1 is 1.00 bits per heavy atom. The number of thioether (sulfide) groups is 1. The molecule has 0 spiro atoms. The predicted molar refractivity (Wildman–Crippen MR) is 131 cm³/mol. The molecule has 3 aromatic rings. The molecule has 7 heteroatoms. The summed E-state index contributed by atoms with van der Waals surface area (Å²) in [5, 5.41) is 11.2. The van der Waals surface area contributed by atoms with E-state index in [2.05, 4.69) is 15.5 Å². The van der Waals surface area contributed by atoms with Gasteiger partial charge < -0.3 is 5.32 Å². The Labute approximate surface area is 191 Å². The van der Waals surface area contributed by atoms with Crippen LogP contribution in [0.2, 0.25) is 0 Å². The molecule has 1 N–H and O–H groups in total. The van der Waals surface area contributed by atoms with Crippen molar-refractivity contribution in [3.8, 4) is 0 Å². The number of para-hydroxylation sites is 2. The molecule has 1 aliphatic rings. The minimum Gasteiger partial charge on any atom is -0.326 e. The third kappa shape index (κ3) is 5.31. The highest BCUT2D eigenvalue weighted by molar-refractivity contribution is 8.16. The van der Waals surface area contributed by atoms with Gasteiger partial charge in [-0.15, -0.1) is 5.10 Å². The normalized spacial score (nSPS) is 17.3. The number of benzene rings is 3. The summed E-state index contributed by atoms with van der Waals surface area (Å²) in [5.74, 6) is -0.409. The van der Waals surface area contributed by atoms with Gasteiger partial charge in [-0.1, -0.05) is 78.0 Å². The van der Waals surface area contributed by atoms with Gasteiger partial charge in [0.05, 0.1) is 11.9 Å². The van der Waals surface area contributed by atoms with Crippen LogP contribution in [0.5, 0.6) is 0 Å². The second-order valence-electron chi connectivity index (χ2n) is 7.27. The van der Waals surface area contributed by atoms with Crippen molar-refractivity contribution in [1.29, 1.82) is 0 Å². The summed E-state index contributed by atoms with van der Waals surface area (Å²) >= 11 is 1.25. The van der Waals surface area contributed by atoms with E-state index >= 15 is 0 Å². The lowest BCUT2D eigenvalue weighted by atomic mass is 10.2. The number of rotatable bonds is 6. The number of hydrogen-bond donors (Lipinski definition) is 1. The van der Waals surface area contributed by atoms with Gasteiger partial charge in [0.1, 0.15) is 5.25 Å². The van der Waals surface area contributed by atoms with Crippen LogP contribution in [0.25, 0.3) is 0 Å². The van der Waals surface area contributed by atoms with Crippen molar-refractivity contribution < 1.29 is 9.59 Å². The lowest BCUT2D eigenvalue weighted by Crippen LogP contribution is -2.33. The maximum Gasteiger partial charge on any atom is 0.247 e.